The van der Waals surface area contributed by atoms with Crippen LogP contribution in [0.1, 0.15) is 70.1 Å². The molecule has 2 atom stereocenters. The van der Waals surface area contributed by atoms with Crippen LogP contribution in [0.15, 0.2) is 6.20 Å². The highest BCUT2D eigenvalue weighted by Gasteiger charge is 2.36. The van der Waals surface area contributed by atoms with E-state index in [1.165, 1.54) is 0 Å². The minimum absolute atomic E-state index is 0.0977. The summed E-state index contributed by atoms with van der Waals surface area (Å²) >= 11 is 0. The molecule has 0 aromatic carbocycles. The van der Waals surface area contributed by atoms with Crippen molar-refractivity contribution in [2.45, 2.75) is 65.3 Å². The van der Waals surface area contributed by atoms with Gasteiger partial charge in [0.25, 0.3) is 5.91 Å². The molecule has 2 saturated heterocycles. The van der Waals surface area contributed by atoms with Crippen molar-refractivity contribution < 1.29 is 19.1 Å². The van der Waals surface area contributed by atoms with Gasteiger partial charge in [0.05, 0.1) is 12.5 Å². The molecule has 1 aromatic heterocycles. The molecule has 10 nitrogen and oxygen atoms in total. The maximum absolute atomic E-state index is 14.1. The number of ether oxygens (including phenoxy) is 2. The first-order valence-electron chi connectivity index (χ1n) is 14.1. The van der Waals surface area contributed by atoms with Crippen molar-refractivity contribution in [1.82, 2.24) is 25.1 Å². The van der Waals surface area contributed by atoms with Gasteiger partial charge in [0.2, 0.25) is 5.91 Å². The molecule has 0 radical (unpaired) electrons. The Morgan fingerprint density at radius 1 is 1.26 bits per heavy atom. The van der Waals surface area contributed by atoms with Gasteiger partial charge in [0.1, 0.15) is 17.2 Å². The number of aromatic nitrogens is 2. The molecule has 2 aliphatic rings. The van der Waals surface area contributed by atoms with E-state index in [4.69, 9.17) is 14.5 Å². The lowest BCUT2D eigenvalue weighted by atomic mass is 9.92. The Hall–Kier alpha value is -2.30. The van der Waals surface area contributed by atoms with Crippen molar-refractivity contribution in [1.29, 1.82) is 0 Å². The highest BCUT2D eigenvalue weighted by Crippen LogP contribution is 2.26. The number of rotatable bonds is 10. The molecular weight excluding hydrogens is 484 g/mol. The fourth-order valence-corrected chi connectivity index (χ4v) is 4.97. The third-order valence-electron chi connectivity index (χ3n) is 6.98. The first-order valence-corrected chi connectivity index (χ1v) is 14.1. The van der Waals surface area contributed by atoms with Gasteiger partial charge in [-0.2, -0.15) is 0 Å². The monoisotopic (exact) mass is 532 g/mol. The largest absolute Gasteiger partial charge is 0.385 e. The fraction of sp³-hybridized carbons (Fsp3) is 0.786. The fourth-order valence-electron chi connectivity index (χ4n) is 4.97. The molecule has 3 heterocycles. The number of anilines is 1. The number of methoxy groups -OCH3 is 1. The van der Waals surface area contributed by atoms with Crippen LogP contribution in [0.4, 0.5) is 5.82 Å². The van der Waals surface area contributed by atoms with E-state index in [0.717, 1.165) is 19.4 Å². The van der Waals surface area contributed by atoms with Crippen molar-refractivity contribution in [3.05, 3.63) is 17.6 Å². The summed E-state index contributed by atoms with van der Waals surface area (Å²) in [5, 5.41) is 6.80. The molecule has 0 bridgehead atoms. The van der Waals surface area contributed by atoms with Gasteiger partial charge < -0.3 is 29.9 Å². The average Bonchev–Trinajstić information content (AvgIpc) is 3.18. The standard InChI is InChI=1S/C28H48N6O4/c1-20(2)19-34(22-15-21(16-29-17-22)25(35)33-10-8-13-38-14-11-33)26(36)23-18-31-27(28(3,4)5)32-24(23)30-9-7-12-37-6/h18,20-22,29H,7-17,19H2,1-6H3,(H,30,31,32)/t21-,22+/m1/s1. The van der Waals surface area contributed by atoms with E-state index in [9.17, 15) is 9.59 Å². The number of hydrogen-bond acceptors (Lipinski definition) is 8. The molecule has 0 spiro atoms. The molecular formula is C28H48N6O4. The number of hydrogen-bond donors (Lipinski definition) is 2. The van der Waals surface area contributed by atoms with E-state index in [-0.39, 0.29) is 35.1 Å². The lowest BCUT2D eigenvalue weighted by Crippen LogP contribution is -2.55. The van der Waals surface area contributed by atoms with E-state index >= 15 is 0 Å². The summed E-state index contributed by atoms with van der Waals surface area (Å²) in [5.74, 6) is 1.40. The minimum atomic E-state index is -0.249. The molecule has 2 fully saturated rings. The number of piperidine rings is 1. The van der Waals surface area contributed by atoms with E-state index in [1.54, 1.807) is 13.3 Å². The van der Waals surface area contributed by atoms with Gasteiger partial charge in [-0.05, 0) is 25.2 Å². The van der Waals surface area contributed by atoms with Gasteiger partial charge in [-0.15, -0.1) is 0 Å². The third-order valence-corrected chi connectivity index (χ3v) is 6.98. The van der Waals surface area contributed by atoms with E-state index in [1.807, 2.05) is 9.80 Å². The smallest absolute Gasteiger partial charge is 0.259 e. The summed E-state index contributed by atoms with van der Waals surface area (Å²) in [7, 11) is 1.68. The van der Waals surface area contributed by atoms with Gasteiger partial charge in [-0.3, -0.25) is 9.59 Å². The Morgan fingerprint density at radius 3 is 2.76 bits per heavy atom. The Bertz CT molecular complexity index is 911. The van der Waals surface area contributed by atoms with Crippen LogP contribution in [0, 0.1) is 11.8 Å². The van der Waals surface area contributed by atoms with Crippen molar-refractivity contribution in [2.24, 2.45) is 11.8 Å². The number of amides is 2. The second kappa shape index (κ2) is 14.2. The second-order valence-electron chi connectivity index (χ2n) is 11.9. The maximum Gasteiger partial charge on any atom is 0.259 e. The SMILES string of the molecule is COCCCNc1nc(C(C)(C)C)ncc1C(=O)N(CC(C)C)[C@@H]1CNC[C@H](C(=O)N2CCCOCC2)C1. The van der Waals surface area contributed by atoms with Crippen LogP contribution in [0.3, 0.4) is 0 Å². The summed E-state index contributed by atoms with van der Waals surface area (Å²) in [4.78, 5) is 40.7. The van der Waals surface area contributed by atoms with Crippen LogP contribution in [0.5, 0.6) is 0 Å². The molecule has 214 valence electrons. The summed E-state index contributed by atoms with van der Waals surface area (Å²) < 4.78 is 10.7. The molecule has 1 aromatic rings. The van der Waals surface area contributed by atoms with E-state index in [0.29, 0.717) is 76.2 Å². The van der Waals surface area contributed by atoms with Crippen LogP contribution in [0.25, 0.3) is 0 Å². The summed E-state index contributed by atoms with van der Waals surface area (Å²) in [5.41, 5.74) is 0.218. The normalized spacial score (nSPS) is 20.8. The van der Waals surface area contributed by atoms with E-state index < -0.39 is 0 Å². The molecule has 0 unspecified atom stereocenters. The van der Waals surface area contributed by atoms with Gasteiger partial charge >= 0.3 is 0 Å². The van der Waals surface area contributed by atoms with Crippen LogP contribution in [-0.4, -0.2) is 104 Å². The lowest BCUT2D eigenvalue weighted by molar-refractivity contribution is -0.136. The van der Waals surface area contributed by atoms with Crippen LogP contribution in [0.2, 0.25) is 0 Å². The van der Waals surface area contributed by atoms with Gasteiger partial charge in [-0.1, -0.05) is 34.6 Å². The molecule has 2 aliphatic heterocycles. The Kier molecular flexibility index (Phi) is 11.3. The van der Waals surface area contributed by atoms with Crippen LogP contribution in [-0.2, 0) is 19.7 Å². The third kappa shape index (κ3) is 8.35. The zero-order chi connectivity index (χ0) is 27.7. The number of nitrogens with one attached hydrogen (secondary N) is 2. The Balaban J connectivity index is 1.84. The summed E-state index contributed by atoms with van der Waals surface area (Å²) in [6.45, 7) is 16.2. The van der Waals surface area contributed by atoms with Gasteiger partial charge in [-0.25, -0.2) is 9.97 Å². The van der Waals surface area contributed by atoms with Gasteiger partial charge in [0, 0.05) is 77.2 Å². The predicted octanol–water partition coefficient (Wildman–Crippen LogP) is 2.55. The van der Waals surface area contributed by atoms with Crippen LogP contribution < -0.4 is 10.6 Å². The minimum Gasteiger partial charge on any atom is -0.385 e. The number of carbonyl (C=O) groups is 2. The molecule has 2 amide bonds. The zero-order valence-electron chi connectivity index (χ0n) is 24.2. The Labute approximate surface area is 228 Å². The molecule has 2 N–H and O–H groups in total. The molecule has 3 rings (SSSR count). The lowest BCUT2D eigenvalue weighted by Gasteiger charge is -2.39. The number of nitrogens with zero attached hydrogens (tertiary/aromatic N) is 4. The zero-order valence-corrected chi connectivity index (χ0v) is 24.2. The maximum atomic E-state index is 14.1. The molecule has 10 heteroatoms. The quantitative estimate of drug-likeness (QED) is 0.443. The van der Waals surface area contributed by atoms with Crippen LogP contribution >= 0.6 is 0 Å². The highest BCUT2D eigenvalue weighted by atomic mass is 16.5. The number of carbonyl (C=O) groups excluding carboxylic acids is 2. The molecule has 38 heavy (non-hydrogen) atoms. The molecule has 0 aliphatic carbocycles. The topological polar surface area (TPSA) is 109 Å². The predicted molar refractivity (Wildman–Crippen MR) is 148 cm³/mol. The van der Waals surface area contributed by atoms with Crippen molar-refractivity contribution in [3.63, 3.8) is 0 Å². The second-order valence-corrected chi connectivity index (χ2v) is 11.9. The van der Waals surface area contributed by atoms with E-state index in [2.05, 4.69) is 50.2 Å². The first kappa shape index (κ1) is 30.2. The molecule has 0 saturated carbocycles. The highest BCUT2D eigenvalue weighted by molar-refractivity contribution is 5.98. The van der Waals surface area contributed by atoms with Crippen molar-refractivity contribution >= 4 is 17.6 Å². The summed E-state index contributed by atoms with van der Waals surface area (Å²) in [6, 6.07) is -0.0977. The van der Waals surface area contributed by atoms with Crippen molar-refractivity contribution in [3.8, 4) is 0 Å². The summed E-state index contributed by atoms with van der Waals surface area (Å²) in [6.07, 6.45) is 3.96. The average molecular weight is 533 g/mol. The van der Waals surface area contributed by atoms with Crippen molar-refractivity contribution in [2.75, 3.05) is 71.5 Å². The Morgan fingerprint density at radius 2 is 2.05 bits per heavy atom. The first-order chi connectivity index (χ1) is 18.1. The van der Waals surface area contributed by atoms with Gasteiger partial charge in [0.15, 0.2) is 0 Å².